The van der Waals surface area contributed by atoms with Gasteiger partial charge in [-0.1, -0.05) is 6.42 Å². The minimum absolute atomic E-state index is 0.164. The van der Waals surface area contributed by atoms with E-state index in [1.165, 1.54) is 4.31 Å². The second kappa shape index (κ2) is 4.31. The van der Waals surface area contributed by atoms with Crippen molar-refractivity contribution in [2.45, 2.75) is 37.1 Å². The summed E-state index contributed by atoms with van der Waals surface area (Å²) in [7, 11) is -1.71. The van der Waals surface area contributed by atoms with Crippen molar-refractivity contribution in [3.05, 3.63) is 23.8 Å². The molecular weight excluding hydrogens is 236 g/mol. The fourth-order valence-electron chi connectivity index (χ4n) is 2.06. The van der Waals surface area contributed by atoms with Gasteiger partial charge in [-0.05, 0) is 43.5 Å². The number of aryl methyl sites for hydroxylation is 1. The number of anilines is 1. The number of benzene rings is 1. The van der Waals surface area contributed by atoms with Gasteiger partial charge >= 0.3 is 0 Å². The largest absolute Gasteiger partial charge is 0.399 e. The molecule has 0 heterocycles. The third kappa shape index (κ3) is 2.17. The average molecular weight is 254 g/mol. The van der Waals surface area contributed by atoms with Gasteiger partial charge in [-0.2, -0.15) is 4.31 Å². The molecular formula is C12H18N2O2S. The number of hydrogen-bond donors (Lipinski definition) is 1. The van der Waals surface area contributed by atoms with Crippen LogP contribution in [0.15, 0.2) is 23.1 Å². The number of nitrogens with zero attached hydrogens (tertiary/aromatic N) is 1. The maximum atomic E-state index is 12.4. The van der Waals surface area contributed by atoms with Crippen LogP contribution in [-0.2, 0) is 10.0 Å². The van der Waals surface area contributed by atoms with Crippen LogP contribution in [0.3, 0.4) is 0 Å². The summed E-state index contributed by atoms with van der Waals surface area (Å²) in [5, 5.41) is 0. The summed E-state index contributed by atoms with van der Waals surface area (Å²) in [6.07, 6.45) is 3.04. The van der Waals surface area contributed by atoms with E-state index in [1.807, 2.05) is 0 Å². The fourth-order valence-corrected chi connectivity index (χ4v) is 3.68. The summed E-state index contributed by atoms with van der Waals surface area (Å²) in [5.41, 5.74) is 6.93. The van der Waals surface area contributed by atoms with Crippen molar-refractivity contribution in [1.82, 2.24) is 4.31 Å². The van der Waals surface area contributed by atoms with E-state index in [9.17, 15) is 8.42 Å². The van der Waals surface area contributed by atoms with Gasteiger partial charge in [0.05, 0.1) is 4.90 Å². The minimum atomic E-state index is -3.37. The maximum Gasteiger partial charge on any atom is 0.243 e. The molecule has 2 rings (SSSR count). The van der Waals surface area contributed by atoms with Gasteiger partial charge in [-0.25, -0.2) is 8.42 Å². The molecule has 2 N–H and O–H groups in total. The Balaban J connectivity index is 2.36. The van der Waals surface area contributed by atoms with Gasteiger partial charge in [0.1, 0.15) is 0 Å². The molecule has 0 atom stereocenters. The Bertz CT molecular complexity index is 521. The summed E-state index contributed by atoms with van der Waals surface area (Å²) in [5.74, 6) is 0. The molecule has 0 unspecified atom stereocenters. The number of nitrogen functional groups attached to an aromatic ring is 1. The molecule has 0 amide bonds. The van der Waals surface area contributed by atoms with E-state index in [1.54, 1.807) is 32.2 Å². The van der Waals surface area contributed by atoms with Crippen LogP contribution < -0.4 is 5.73 Å². The molecule has 0 spiro atoms. The molecule has 94 valence electrons. The topological polar surface area (TPSA) is 63.4 Å². The Kier molecular flexibility index (Phi) is 3.14. The lowest BCUT2D eigenvalue weighted by molar-refractivity contribution is 0.249. The quantitative estimate of drug-likeness (QED) is 0.836. The Hall–Kier alpha value is -1.07. The number of nitrogens with two attached hydrogens (primary N) is 1. The van der Waals surface area contributed by atoms with Gasteiger partial charge in [0.25, 0.3) is 0 Å². The van der Waals surface area contributed by atoms with Crippen LogP contribution in [0.5, 0.6) is 0 Å². The Morgan fingerprint density at radius 2 is 2.00 bits per heavy atom. The molecule has 1 saturated carbocycles. The van der Waals surface area contributed by atoms with Crippen molar-refractivity contribution in [1.29, 1.82) is 0 Å². The van der Waals surface area contributed by atoms with Crippen molar-refractivity contribution in [2.75, 3.05) is 12.8 Å². The summed E-state index contributed by atoms with van der Waals surface area (Å²) in [6.45, 7) is 1.78. The zero-order valence-electron chi connectivity index (χ0n) is 10.2. The van der Waals surface area contributed by atoms with Crippen LogP contribution in [0, 0.1) is 6.92 Å². The first-order valence-electron chi connectivity index (χ1n) is 5.77. The highest BCUT2D eigenvalue weighted by molar-refractivity contribution is 7.89. The molecule has 0 aliphatic heterocycles. The predicted molar refractivity (Wildman–Crippen MR) is 68.2 cm³/mol. The Labute approximate surface area is 102 Å². The molecule has 1 aliphatic carbocycles. The first-order valence-corrected chi connectivity index (χ1v) is 7.21. The number of sulfonamides is 1. The first kappa shape index (κ1) is 12.4. The second-order valence-corrected chi connectivity index (χ2v) is 6.60. The molecule has 4 nitrogen and oxygen atoms in total. The summed E-state index contributed by atoms with van der Waals surface area (Å²) < 4.78 is 26.3. The van der Waals surface area contributed by atoms with Gasteiger partial charge in [-0.3, -0.25) is 0 Å². The zero-order valence-corrected chi connectivity index (χ0v) is 11.0. The fraction of sp³-hybridized carbons (Fsp3) is 0.500. The van der Waals surface area contributed by atoms with Gasteiger partial charge in [-0.15, -0.1) is 0 Å². The van der Waals surface area contributed by atoms with Crippen LogP contribution in [0.4, 0.5) is 5.69 Å². The third-order valence-corrected chi connectivity index (χ3v) is 5.52. The van der Waals surface area contributed by atoms with Crippen molar-refractivity contribution in [3.63, 3.8) is 0 Å². The third-order valence-electron chi connectivity index (χ3n) is 3.44. The Morgan fingerprint density at radius 3 is 2.47 bits per heavy atom. The van der Waals surface area contributed by atoms with Gasteiger partial charge in [0.2, 0.25) is 10.0 Å². The molecule has 1 fully saturated rings. The van der Waals surface area contributed by atoms with E-state index in [4.69, 9.17) is 5.73 Å². The smallest absolute Gasteiger partial charge is 0.243 e. The molecule has 0 bridgehead atoms. The van der Waals surface area contributed by atoms with E-state index < -0.39 is 10.0 Å². The zero-order chi connectivity index (χ0) is 12.6. The minimum Gasteiger partial charge on any atom is -0.399 e. The van der Waals surface area contributed by atoms with E-state index in [0.29, 0.717) is 16.1 Å². The molecule has 1 aromatic carbocycles. The van der Waals surface area contributed by atoms with E-state index >= 15 is 0 Å². The van der Waals surface area contributed by atoms with Gasteiger partial charge < -0.3 is 5.73 Å². The van der Waals surface area contributed by atoms with Crippen LogP contribution in [0.2, 0.25) is 0 Å². The maximum absolute atomic E-state index is 12.4. The standard InChI is InChI=1S/C12H18N2O2S/c1-9-8-10(13)6-7-12(9)17(15,16)14(2)11-4-3-5-11/h6-8,11H,3-5,13H2,1-2H3. The highest BCUT2D eigenvalue weighted by Crippen LogP contribution is 2.29. The lowest BCUT2D eigenvalue weighted by atomic mass is 9.94. The molecule has 0 radical (unpaired) electrons. The van der Waals surface area contributed by atoms with Crippen molar-refractivity contribution in [2.24, 2.45) is 0 Å². The average Bonchev–Trinajstić information content (AvgIpc) is 2.13. The highest BCUT2D eigenvalue weighted by Gasteiger charge is 2.32. The summed E-state index contributed by atoms with van der Waals surface area (Å²) >= 11 is 0. The van der Waals surface area contributed by atoms with Crippen molar-refractivity contribution < 1.29 is 8.42 Å². The first-order chi connectivity index (χ1) is 7.93. The number of rotatable bonds is 3. The van der Waals surface area contributed by atoms with Gasteiger partial charge in [0, 0.05) is 18.8 Å². The van der Waals surface area contributed by atoms with Gasteiger partial charge in [0.15, 0.2) is 0 Å². The van der Waals surface area contributed by atoms with E-state index in [-0.39, 0.29) is 6.04 Å². The number of hydrogen-bond acceptors (Lipinski definition) is 3. The van der Waals surface area contributed by atoms with Crippen LogP contribution in [0.25, 0.3) is 0 Å². The molecule has 17 heavy (non-hydrogen) atoms. The van der Waals surface area contributed by atoms with Crippen LogP contribution >= 0.6 is 0 Å². The van der Waals surface area contributed by atoms with Crippen molar-refractivity contribution in [3.8, 4) is 0 Å². The molecule has 1 aromatic rings. The van der Waals surface area contributed by atoms with Crippen LogP contribution in [-0.4, -0.2) is 25.8 Å². The molecule has 1 aliphatic rings. The molecule has 5 heteroatoms. The van der Waals surface area contributed by atoms with Crippen molar-refractivity contribution >= 4 is 15.7 Å². The molecule has 0 saturated heterocycles. The van der Waals surface area contributed by atoms with Crippen LogP contribution in [0.1, 0.15) is 24.8 Å². The Morgan fingerprint density at radius 1 is 1.35 bits per heavy atom. The SMILES string of the molecule is Cc1cc(N)ccc1S(=O)(=O)N(C)C1CCC1. The lowest BCUT2D eigenvalue weighted by Crippen LogP contribution is -2.41. The predicted octanol–water partition coefficient (Wildman–Crippen LogP) is 1.75. The summed E-state index contributed by atoms with van der Waals surface area (Å²) in [4.78, 5) is 0.362. The monoisotopic (exact) mass is 254 g/mol. The lowest BCUT2D eigenvalue weighted by Gasteiger charge is -2.34. The van der Waals surface area contributed by atoms with E-state index in [2.05, 4.69) is 0 Å². The second-order valence-electron chi connectivity index (χ2n) is 4.63. The highest BCUT2D eigenvalue weighted by atomic mass is 32.2. The normalized spacial score (nSPS) is 17.1. The summed E-state index contributed by atoms with van der Waals surface area (Å²) in [6, 6.07) is 5.09. The molecule has 0 aromatic heterocycles. The van der Waals surface area contributed by atoms with E-state index in [0.717, 1.165) is 19.3 Å².